The molecule has 0 spiro atoms. The molecule has 0 unspecified atom stereocenters. The van der Waals surface area contributed by atoms with E-state index in [0.29, 0.717) is 60.8 Å². The van der Waals surface area contributed by atoms with Crippen molar-refractivity contribution in [3.8, 4) is 17.1 Å². The number of rotatable bonds is 9. The fourth-order valence-electron chi connectivity index (χ4n) is 3.81. The summed E-state index contributed by atoms with van der Waals surface area (Å²) in [6.45, 7) is 1.49. The molecule has 0 atom stereocenters. The van der Waals surface area contributed by atoms with Crippen LogP contribution in [0.4, 0.5) is 0 Å². The van der Waals surface area contributed by atoms with Gasteiger partial charge in [0.2, 0.25) is 27.6 Å². The van der Waals surface area contributed by atoms with Gasteiger partial charge < -0.3 is 18.9 Å². The third kappa shape index (κ3) is 6.04. The molecule has 36 heavy (non-hydrogen) atoms. The van der Waals surface area contributed by atoms with Crippen LogP contribution in [0.15, 0.2) is 51.9 Å². The minimum absolute atomic E-state index is 0.141. The number of aryl methyl sites for hydroxylation is 1. The zero-order valence-electron chi connectivity index (χ0n) is 20.0. The minimum atomic E-state index is -3.66. The van der Waals surface area contributed by atoms with Crippen molar-refractivity contribution in [1.29, 1.82) is 0 Å². The van der Waals surface area contributed by atoms with Crippen LogP contribution in [0.5, 0.6) is 5.75 Å². The van der Waals surface area contributed by atoms with Gasteiger partial charge in [-0.25, -0.2) is 8.42 Å². The molecule has 2 aromatic carbocycles. The molecule has 0 bridgehead atoms. The summed E-state index contributed by atoms with van der Waals surface area (Å²) in [5.74, 6) is 1.07. The lowest BCUT2D eigenvalue weighted by atomic mass is 10.1. The van der Waals surface area contributed by atoms with Crippen molar-refractivity contribution in [3.63, 3.8) is 0 Å². The zero-order valence-corrected chi connectivity index (χ0v) is 21.6. The Labute approximate surface area is 214 Å². The van der Waals surface area contributed by atoms with Crippen LogP contribution in [0, 0.1) is 0 Å². The summed E-state index contributed by atoms with van der Waals surface area (Å²) in [4.78, 5) is 18.8. The monoisotopic (exact) mass is 534 g/mol. The number of benzene rings is 2. The molecular formula is C24H27ClN4O6S. The topological polar surface area (TPSA) is 115 Å². The van der Waals surface area contributed by atoms with E-state index in [4.69, 9.17) is 25.6 Å². The average Bonchev–Trinajstić information content (AvgIpc) is 3.36. The highest BCUT2D eigenvalue weighted by Crippen LogP contribution is 2.26. The Hall–Kier alpha value is -2.99. The number of amides is 1. The summed E-state index contributed by atoms with van der Waals surface area (Å²) in [5.41, 5.74) is 1.39. The molecule has 1 aromatic heterocycles. The fraction of sp³-hybridized carbons (Fsp3) is 0.375. The van der Waals surface area contributed by atoms with Gasteiger partial charge in [-0.15, -0.1) is 0 Å². The number of sulfonamides is 1. The maximum Gasteiger partial charge on any atom is 0.246 e. The lowest BCUT2D eigenvalue weighted by Crippen LogP contribution is -2.40. The molecule has 0 saturated carbocycles. The Morgan fingerprint density at radius 3 is 2.58 bits per heavy atom. The Morgan fingerprint density at radius 1 is 1.17 bits per heavy atom. The van der Waals surface area contributed by atoms with Crippen LogP contribution < -0.4 is 4.74 Å². The van der Waals surface area contributed by atoms with E-state index in [0.717, 1.165) is 5.56 Å². The van der Waals surface area contributed by atoms with Crippen LogP contribution in [-0.4, -0.2) is 74.1 Å². The number of morpholine rings is 1. The summed E-state index contributed by atoms with van der Waals surface area (Å²) in [6.07, 6.45) is 0.449. The van der Waals surface area contributed by atoms with E-state index in [1.165, 1.54) is 22.4 Å². The minimum Gasteiger partial charge on any atom is -0.496 e. The smallest absolute Gasteiger partial charge is 0.246 e. The van der Waals surface area contributed by atoms with E-state index in [2.05, 4.69) is 10.1 Å². The molecule has 1 fully saturated rings. The molecule has 3 aromatic rings. The van der Waals surface area contributed by atoms with Crippen molar-refractivity contribution in [2.75, 3.05) is 40.5 Å². The molecule has 192 valence electrons. The van der Waals surface area contributed by atoms with Gasteiger partial charge in [0.25, 0.3) is 0 Å². The van der Waals surface area contributed by atoms with Gasteiger partial charge in [0, 0.05) is 37.1 Å². The van der Waals surface area contributed by atoms with Crippen molar-refractivity contribution in [1.82, 2.24) is 19.3 Å². The normalized spacial score (nSPS) is 14.5. The van der Waals surface area contributed by atoms with Crippen molar-refractivity contribution >= 4 is 27.5 Å². The van der Waals surface area contributed by atoms with Crippen LogP contribution in [0.2, 0.25) is 5.02 Å². The predicted octanol–water partition coefficient (Wildman–Crippen LogP) is 3.01. The molecule has 0 aliphatic carbocycles. The highest BCUT2D eigenvalue weighted by atomic mass is 35.5. The van der Waals surface area contributed by atoms with E-state index in [-0.39, 0.29) is 23.8 Å². The van der Waals surface area contributed by atoms with Gasteiger partial charge >= 0.3 is 0 Å². The molecule has 1 amide bonds. The van der Waals surface area contributed by atoms with E-state index in [1.54, 1.807) is 43.4 Å². The summed E-state index contributed by atoms with van der Waals surface area (Å²) in [5, 5.41) is 4.57. The van der Waals surface area contributed by atoms with Crippen LogP contribution in [-0.2, 0) is 32.5 Å². The number of carbonyl (C=O) groups excluding carboxylic acids is 1. The molecule has 2 heterocycles. The van der Waals surface area contributed by atoms with Gasteiger partial charge in [0.05, 0.1) is 31.8 Å². The molecule has 4 rings (SSSR count). The maximum atomic E-state index is 13.0. The van der Waals surface area contributed by atoms with E-state index >= 15 is 0 Å². The number of ether oxygens (including phenoxy) is 2. The quantitative estimate of drug-likeness (QED) is 0.411. The zero-order chi connectivity index (χ0) is 25.7. The molecule has 1 aliphatic rings. The average molecular weight is 535 g/mol. The van der Waals surface area contributed by atoms with Gasteiger partial charge in [-0.05, 0) is 54.4 Å². The Kier molecular flexibility index (Phi) is 8.24. The second-order valence-electron chi connectivity index (χ2n) is 8.26. The van der Waals surface area contributed by atoms with Gasteiger partial charge in [0.15, 0.2) is 0 Å². The van der Waals surface area contributed by atoms with Crippen LogP contribution in [0.1, 0.15) is 17.9 Å². The molecule has 1 saturated heterocycles. The van der Waals surface area contributed by atoms with E-state index in [1.807, 2.05) is 0 Å². The lowest BCUT2D eigenvalue weighted by molar-refractivity contribution is -0.130. The van der Waals surface area contributed by atoms with Crippen LogP contribution in [0.3, 0.4) is 0 Å². The molecule has 10 nitrogen and oxygen atoms in total. The fourth-order valence-corrected chi connectivity index (χ4v) is 5.39. The first-order valence-electron chi connectivity index (χ1n) is 11.3. The van der Waals surface area contributed by atoms with Crippen molar-refractivity contribution < 1.29 is 27.2 Å². The molecule has 0 N–H and O–H groups in total. The lowest BCUT2D eigenvalue weighted by Gasteiger charge is -2.26. The number of halogens is 1. The summed E-state index contributed by atoms with van der Waals surface area (Å²) >= 11 is 5.91. The highest BCUT2D eigenvalue weighted by Gasteiger charge is 2.27. The first-order valence-corrected chi connectivity index (χ1v) is 13.2. The van der Waals surface area contributed by atoms with Crippen molar-refractivity contribution in [3.05, 3.63) is 58.9 Å². The SMILES string of the molecule is COc1ccc(S(=O)(=O)N2CCOCC2)cc1CCC(=O)N(C)Cc1nc(-c2ccc(Cl)cc2)no1. The predicted molar refractivity (Wildman–Crippen MR) is 132 cm³/mol. The molecular weight excluding hydrogens is 508 g/mol. The second-order valence-corrected chi connectivity index (χ2v) is 10.6. The standard InChI is InChI=1S/C24H27ClN4O6S/c1-28(16-22-26-24(27-35-22)17-3-6-19(25)7-4-17)23(30)10-5-18-15-20(8-9-21(18)33-2)36(31,32)29-11-13-34-14-12-29/h3-4,6-9,15H,5,10-14,16H2,1-2H3. The van der Waals surface area contributed by atoms with Crippen molar-refractivity contribution in [2.45, 2.75) is 24.3 Å². The Balaban J connectivity index is 1.40. The largest absolute Gasteiger partial charge is 0.496 e. The highest BCUT2D eigenvalue weighted by molar-refractivity contribution is 7.89. The van der Waals surface area contributed by atoms with Gasteiger partial charge in [0.1, 0.15) is 5.75 Å². The number of carbonyl (C=O) groups is 1. The number of hydrogen-bond donors (Lipinski definition) is 0. The third-order valence-electron chi connectivity index (χ3n) is 5.84. The number of hydrogen-bond acceptors (Lipinski definition) is 8. The van der Waals surface area contributed by atoms with Crippen LogP contribution >= 0.6 is 11.6 Å². The van der Waals surface area contributed by atoms with Gasteiger partial charge in [-0.3, -0.25) is 4.79 Å². The number of nitrogens with zero attached hydrogens (tertiary/aromatic N) is 4. The van der Waals surface area contributed by atoms with E-state index < -0.39 is 10.0 Å². The van der Waals surface area contributed by atoms with Gasteiger partial charge in [-0.2, -0.15) is 9.29 Å². The molecule has 0 radical (unpaired) electrons. The molecule has 12 heteroatoms. The second kappa shape index (κ2) is 11.4. The van der Waals surface area contributed by atoms with Crippen molar-refractivity contribution in [2.24, 2.45) is 0 Å². The third-order valence-corrected chi connectivity index (χ3v) is 7.98. The van der Waals surface area contributed by atoms with Crippen LogP contribution in [0.25, 0.3) is 11.4 Å². The first-order chi connectivity index (χ1) is 17.3. The maximum absolute atomic E-state index is 13.0. The number of aromatic nitrogens is 2. The first kappa shape index (κ1) is 26.1. The Morgan fingerprint density at radius 2 is 1.89 bits per heavy atom. The summed E-state index contributed by atoms with van der Waals surface area (Å²) < 4.78 is 43.4. The molecule has 1 aliphatic heterocycles. The summed E-state index contributed by atoms with van der Waals surface area (Å²) in [6, 6.07) is 11.8. The van der Waals surface area contributed by atoms with E-state index in [9.17, 15) is 13.2 Å². The Bertz CT molecular complexity index is 1310. The number of methoxy groups -OCH3 is 1. The van der Waals surface area contributed by atoms with Gasteiger partial charge in [-0.1, -0.05) is 16.8 Å². The summed E-state index contributed by atoms with van der Waals surface area (Å²) in [7, 11) is -0.506.